The Morgan fingerprint density at radius 1 is 1.11 bits per heavy atom. The molecule has 35 heavy (non-hydrogen) atoms. The zero-order valence-electron chi connectivity index (χ0n) is 19.9. The Hall–Kier alpha value is -3.91. The Balaban J connectivity index is 1.35. The monoisotopic (exact) mass is 470 g/mol. The van der Waals surface area contributed by atoms with Crippen molar-refractivity contribution in [3.8, 4) is 22.6 Å². The van der Waals surface area contributed by atoms with Gasteiger partial charge < -0.3 is 20.4 Å². The van der Waals surface area contributed by atoms with Crippen molar-refractivity contribution in [3.63, 3.8) is 0 Å². The average molecular weight is 471 g/mol. The summed E-state index contributed by atoms with van der Waals surface area (Å²) in [6.45, 7) is 5.11. The van der Waals surface area contributed by atoms with Crippen molar-refractivity contribution in [2.45, 2.75) is 32.4 Å². The standard InChI is InChI=1S/C27H30N6O2/c1-2-32-14-6-7-20(32)15-29-24(34)17-33-16-23(25-26(28)30-18-31-27(25)33)19-10-12-22(13-11-19)35-21-8-4-3-5-9-21/h3-5,8-13,16,18,20H,2,6-7,14-15,17H2,1H3,(H,29,34)(H2,28,30,31)/t20-/m1/s1. The normalized spacial score (nSPS) is 16.0. The first-order valence-electron chi connectivity index (χ1n) is 12.1. The SMILES string of the molecule is CCN1CCC[C@@H]1CNC(=O)Cn1cc(-c2ccc(Oc3ccccc3)cc2)c2c(N)ncnc21. The van der Waals surface area contributed by atoms with Gasteiger partial charge in [0.05, 0.1) is 5.39 Å². The van der Waals surface area contributed by atoms with Gasteiger partial charge in [-0.15, -0.1) is 0 Å². The van der Waals surface area contributed by atoms with Gasteiger partial charge in [-0.3, -0.25) is 9.69 Å². The molecule has 8 heteroatoms. The maximum atomic E-state index is 12.8. The molecular weight excluding hydrogens is 440 g/mol. The number of benzene rings is 2. The maximum Gasteiger partial charge on any atom is 0.240 e. The summed E-state index contributed by atoms with van der Waals surface area (Å²) in [5.74, 6) is 1.86. The molecule has 5 rings (SSSR count). The van der Waals surface area contributed by atoms with E-state index < -0.39 is 0 Å². The number of hydrogen-bond acceptors (Lipinski definition) is 6. The Morgan fingerprint density at radius 3 is 2.66 bits per heavy atom. The molecule has 0 bridgehead atoms. The largest absolute Gasteiger partial charge is 0.457 e. The molecule has 1 amide bonds. The number of likely N-dealkylation sites (N-methyl/N-ethyl adjacent to an activating group) is 1. The number of carbonyl (C=O) groups excluding carboxylic acids is 1. The molecule has 0 unspecified atom stereocenters. The zero-order chi connectivity index (χ0) is 24.2. The zero-order valence-corrected chi connectivity index (χ0v) is 19.9. The molecule has 1 aliphatic heterocycles. The molecular formula is C27H30N6O2. The van der Waals surface area contributed by atoms with Gasteiger partial charge in [-0.2, -0.15) is 0 Å². The second kappa shape index (κ2) is 10.1. The minimum atomic E-state index is -0.0415. The van der Waals surface area contributed by atoms with Gasteiger partial charge in [0, 0.05) is 24.3 Å². The second-order valence-electron chi connectivity index (χ2n) is 8.80. The summed E-state index contributed by atoms with van der Waals surface area (Å²) >= 11 is 0. The minimum absolute atomic E-state index is 0.0415. The third-order valence-electron chi connectivity index (χ3n) is 6.58. The molecule has 1 saturated heterocycles. The fraction of sp³-hybridized carbons (Fsp3) is 0.296. The molecule has 1 fully saturated rings. The number of nitrogen functional groups attached to an aromatic ring is 1. The van der Waals surface area contributed by atoms with Crippen molar-refractivity contribution in [2.75, 3.05) is 25.4 Å². The van der Waals surface area contributed by atoms with Crippen LogP contribution in [0.25, 0.3) is 22.2 Å². The van der Waals surface area contributed by atoms with E-state index >= 15 is 0 Å². The first-order valence-corrected chi connectivity index (χ1v) is 12.1. The number of carbonyl (C=O) groups is 1. The van der Waals surface area contributed by atoms with Gasteiger partial charge in [0.25, 0.3) is 0 Å². The molecule has 3 N–H and O–H groups in total. The van der Waals surface area contributed by atoms with Crippen LogP contribution in [0.4, 0.5) is 5.82 Å². The predicted molar refractivity (Wildman–Crippen MR) is 137 cm³/mol. The van der Waals surface area contributed by atoms with Crippen molar-refractivity contribution in [1.29, 1.82) is 0 Å². The number of nitrogens with two attached hydrogens (primary N) is 1. The van der Waals surface area contributed by atoms with E-state index in [0.717, 1.165) is 47.5 Å². The molecule has 8 nitrogen and oxygen atoms in total. The summed E-state index contributed by atoms with van der Waals surface area (Å²) in [5, 5.41) is 3.84. The molecule has 0 saturated carbocycles. The van der Waals surface area contributed by atoms with E-state index in [0.29, 0.717) is 24.1 Å². The van der Waals surface area contributed by atoms with Crippen molar-refractivity contribution in [1.82, 2.24) is 24.8 Å². The number of fused-ring (bicyclic) bond motifs is 1. The summed E-state index contributed by atoms with van der Waals surface area (Å²) in [7, 11) is 0. The van der Waals surface area contributed by atoms with E-state index in [9.17, 15) is 4.79 Å². The maximum absolute atomic E-state index is 12.8. The lowest BCUT2D eigenvalue weighted by Gasteiger charge is -2.22. The predicted octanol–water partition coefficient (Wildman–Crippen LogP) is 4.07. The van der Waals surface area contributed by atoms with Crippen LogP contribution in [-0.4, -0.2) is 51.0 Å². The highest BCUT2D eigenvalue weighted by Crippen LogP contribution is 2.34. The highest BCUT2D eigenvalue weighted by atomic mass is 16.5. The van der Waals surface area contributed by atoms with E-state index in [4.69, 9.17) is 10.5 Å². The number of nitrogens with one attached hydrogen (secondary N) is 1. The summed E-state index contributed by atoms with van der Waals surface area (Å²) < 4.78 is 7.76. The molecule has 2 aromatic heterocycles. The van der Waals surface area contributed by atoms with Crippen molar-refractivity contribution in [2.24, 2.45) is 0 Å². The van der Waals surface area contributed by atoms with Gasteiger partial charge in [0.2, 0.25) is 5.91 Å². The van der Waals surface area contributed by atoms with Crippen LogP contribution in [0.2, 0.25) is 0 Å². The topological polar surface area (TPSA) is 98.3 Å². The van der Waals surface area contributed by atoms with E-state index in [1.807, 2.05) is 65.4 Å². The molecule has 0 aliphatic carbocycles. The van der Waals surface area contributed by atoms with E-state index in [1.165, 1.54) is 12.7 Å². The molecule has 2 aromatic carbocycles. The van der Waals surface area contributed by atoms with Gasteiger partial charge in [0.1, 0.15) is 35.8 Å². The van der Waals surface area contributed by atoms with Crippen molar-refractivity contribution < 1.29 is 9.53 Å². The van der Waals surface area contributed by atoms with Gasteiger partial charge in [-0.1, -0.05) is 37.3 Å². The lowest BCUT2D eigenvalue weighted by Crippen LogP contribution is -2.41. The van der Waals surface area contributed by atoms with E-state index in [-0.39, 0.29) is 12.5 Å². The highest BCUT2D eigenvalue weighted by Gasteiger charge is 2.23. The summed E-state index contributed by atoms with van der Waals surface area (Å²) in [6.07, 6.45) is 5.67. The third-order valence-corrected chi connectivity index (χ3v) is 6.58. The fourth-order valence-electron chi connectivity index (χ4n) is 4.80. The molecule has 3 heterocycles. The molecule has 0 spiro atoms. The van der Waals surface area contributed by atoms with Crippen LogP contribution < -0.4 is 15.8 Å². The second-order valence-corrected chi connectivity index (χ2v) is 8.80. The van der Waals surface area contributed by atoms with Gasteiger partial charge in [-0.25, -0.2) is 9.97 Å². The lowest BCUT2D eigenvalue weighted by molar-refractivity contribution is -0.121. The number of nitrogens with zero attached hydrogens (tertiary/aromatic N) is 4. The number of likely N-dealkylation sites (tertiary alicyclic amines) is 1. The van der Waals surface area contributed by atoms with Crippen LogP contribution in [0.3, 0.4) is 0 Å². The number of anilines is 1. The minimum Gasteiger partial charge on any atom is -0.457 e. The van der Waals surface area contributed by atoms with Crippen LogP contribution in [0, 0.1) is 0 Å². The van der Waals surface area contributed by atoms with Gasteiger partial charge in [-0.05, 0) is 55.8 Å². The number of rotatable bonds is 8. The van der Waals surface area contributed by atoms with E-state index in [2.05, 4.69) is 27.1 Å². The Labute approximate surface area is 204 Å². The average Bonchev–Trinajstić information content (AvgIpc) is 3.49. The number of amides is 1. The van der Waals surface area contributed by atoms with Crippen LogP contribution in [0.15, 0.2) is 67.1 Å². The van der Waals surface area contributed by atoms with Crippen molar-refractivity contribution >= 4 is 22.8 Å². The fourth-order valence-corrected chi connectivity index (χ4v) is 4.80. The lowest BCUT2D eigenvalue weighted by atomic mass is 10.1. The van der Waals surface area contributed by atoms with Crippen LogP contribution in [0.1, 0.15) is 19.8 Å². The third kappa shape index (κ3) is 4.97. The summed E-state index contributed by atoms with van der Waals surface area (Å²) in [4.78, 5) is 23.9. The van der Waals surface area contributed by atoms with E-state index in [1.54, 1.807) is 0 Å². The van der Waals surface area contributed by atoms with Crippen molar-refractivity contribution in [3.05, 3.63) is 67.1 Å². The smallest absolute Gasteiger partial charge is 0.240 e. The molecule has 1 atom stereocenters. The van der Waals surface area contributed by atoms with Crippen LogP contribution in [0.5, 0.6) is 11.5 Å². The first kappa shape index (κ1) is 22.9. The Morgan fingerprint density at radius 2 is 1.89 bits per heavy atom. The number of para-hydroxylation sites is 1. The summed E-state index contributed by atoms with van der Waals surface area (Å²) in [5.41, 5.74) is 8.71. The quantitative estimate of drug-likeness (QED) is 0.403. The molecule has 1 aliphatic rings. The van der Waals surface area contributed by atoms with Gasteiger partial charge in [0.15, 0.2) is 0 Å². The summed E-state index contributed by atoms with van der Waals surface area (Å²) in [6, 6.07) is 17.8. The first-order chi connectivity index (χ1) is 17.1. The highest BCUT2D eigenvalue weighted by molar-refractivity contribution is 6.01. The number of aromatic nitrogens is 3. The van der Waals surface area contributed by atoms with Gasteiger partial charge >= 0.3 is 0 Å². The van der Waals surface area contributed by atoms with Crippen LogP contribution in [-0.2, 0) is 11.3 Å². The number of hydrogen-bond donors (Lipinski definition) is 2. The Kier molecular flexibility index (Phi) is 6.63. The molecule has 4 aromatic rings. The Bertz CT molecular complexity index is 1300. The number of ether oxygens (including phenoxy) is 1. The van der Waals surface area contributed by atoms with Crippen LogP contribution >= 0.6 is 0 Å². The molecule has 0 radical (unpaired) electrons. The molecule has 180 valence electrons.